The van der Waals surface area contributed by atoms with Crippen LogP contribution < -0.4 is 5.73 Å². The third kappa shape index (κ3) is 2.30. The highest BCUT2D eigenvalue weighted by molar-refractivity contribution is 5.85. The molecule has 3 unspecified atom stereocenters. The van der Waals surface area contributed by atoms with Crippen molar-refractivity contribution in [1.29, 1.82) is 0 Å². The van der Waals surface area contributed by atoms with Crippen LogP contribution in [0, 0.1) is 11.8 Å². The average Bonchev–Trinajstić information content (AvgIpc) is 2.96. The second-order valence-corrected chi connectivity index (χ2v) is 5.41. The lowest BCUT2D eigenvalue weighted by Gasteiger charge is -2.21. The average molecular weight is 261 g/mol. The fourth-order valence-electron chi connectivity index (χ4n) is 3.46. The molecule has 4 atom stereocenters. The van der Waals surface area contributed by atoms with E-state index in [1.165, 1.54) is 6.42 Å². The molecule has 4 nitrogen and oxygen atoms in total. The number of likely N-dealkylation sites (tertiary alicyclic amines) is 1. The van der Waals surface area contributed by atoms with Gasteiger partial charge in [0.2, 0.25) is 0 Å². The highest BCUT2D eigenvalue weighted by atomic mass is 35.5. The Kier molecular flexibility index (Phi) is 3.95. The number of carbonyl (C=O) groups is 1. The van der Waals surface area contributed by atoms with Gasteiger partial charge in [-0.05, 0) is 37.5 Å². The molecule has 2 aliphatic heterocycles. The fourth-order valence-corrected chi connectivity index (χ4v) is 3.46. The topological polar surface area (TPSA) is 55.6 Å². The number of nitrogens with zero attached hydrogens (tertiary/aromatic N) is 1. The van der Waals surface area contributed by atoms with E-state index in [0.717, 1.165) is 39.0 Å². The predicted octanol–water partition coefficient (Wildman–Crippen LogP) is 0.783. The SMILES string of the molecule is Cl.NC1CCC2CN(C(=O)[C@H]3CCCO3)CC12. The van der Waals surface area contributed by atoms with Crippen LogP contribution in [0.25, 0.3) is 0 Å². The summed E-state index contributed by atoms with van der Waals surface area (Å²) >= 11 is 0. The monoisotopic (exact) mass is 260 g/mol. The zero-order valence-corrected chi connectivity index (χ0v) is 10.8. The van der Waals surface area contributed by atoms with Gasteiger partial charge in [0.05, 0.1) is 0 Å². The smallest absolute Gasteiger partial charge is 0.251 e. The maximum absolute atomic E-state index is 12.1. The summed E-state index contributed by atoms with van der Waals surface area (Å²) in [5.74, 6) is 1.41. The highest BCUT2D eigenvalue weighted by Crippen LogP contribution is 2.37. The van der Waals surface area contributed by atoms with Gasteiger partial charge in [0.1, 0.15) is 6.10 Å². The van der Waals surface area contributed by atoms with Crippen molar-refractivity contribution < 1.29 is 9.53 Å². The Morgan fingerprint density at radius 2 is 2.06 bits per heavy atom. The quantitative estimate of drug-likeness (QED) is 0.758. The summed E-state index contributed by atoms with van der Waals surface area (Å²) in [7, 11) is 0. The first-order valence-electron chi connectivity index (χ1n) is 6.41. The molecule has 1 amide bonds. The van der Waals surface area contributed by atoms with Crippen LogP contribution in [-0.2, 0) is 9.53 Å². The Hall–Kier alpha value is -0.320. The number of hydrogen-bond acceptors (Lipinski definition) is 3. The van der Waals surface area contributed by atoms with E-state index in [1.807, 2.05) is 4.90 Å². The molecule has 3 aliphatic rings. The molecular weight excluding hydrogens is 240 g/mol. The van der Waals surface area contributed by atoms with Crippen molar-refractivity contribution in [1.82, 2.24) is 4.90 Å². The van der Waals surface area contributed by atoms with Gasteiger partial charge >= 0.3 is 0 Å². The number of hydrogen-bond donors (Lipinski definition) is 1. The zero-order valence-electron chi connectivity index (χ0n) is 10.0. The molecule has 1 saturated carbocycles. The first-order chi connectivity index (χ1) is 7.75. The second-order valence-electron chi connectivity index (χ2n) is 5.41. The van der Waals surface area contributed by atoms with E-state index in [1.54, 1.807) is 0 Å². The van der Waals surface area contributed by atoms with Crippen LogP contribution in [0.1, 0.15) is 25.7 Å². The van der Waals surface area contributed by atoms with E-state index >= 15 is 0 Å². The van der Waals surface area contributed by atoms with Crippen LogP contribution in [0.2, 0.25) is 0 Å². The molecule has 5 heteroatoms. The lowest BCUT2D eigenvalue weighted by atomic mass is 9.98. The van der Waals surface area contributed by atoms with Crippen LogP contribution in [0.5, 0.6) is 0 Å². The van der Waals surface area contributed by atoms with Crippen molar-refractivity contribution >= 4 is 18.3 Å². The van der Waals surface area contributed by atoms with Gasteiger partial charge in [0.15, 0.2) is 0 Å². The molecule has 1 aliphatic carbocycles. The summed E-state index contributed by atoms with van der Waals surface area (Å²) in [6, 6.07) is 0.312. The molecule has 0 radical (unpaired) electrons. The largest absolute Gasteiger partial charge is 0.368 e. The van der Waals surface area contributed by atoms with Gasteiger partial charge in [0.25, 0.3) is 5.91 Å². The maximum atomic E-state index is 12.1. The lowest BCUT2D eigenvalue weighted by molar-refractivity contribution is -0.140. The normalized spacial score (nSPS) is 40.2. The summed E-state index contributed by atoms with van der Waals surface area (Å²) in [6.07, 6.45) is 4.10. The van der Waals surface area contributed by atoms with Gasteiger partial charge < -0.3 is 15.4 Å². The number of carbonyl (C=O) groups excluding carboxylic acids is 1. The Morgan fingerprint density at radius 1 is 1.24 bits per heavy atom. The van der Waals surface area contributed by atoms with E-state index in [2.05, 4.69) is 0 Å². The first kappa shape index (κ1) is 13.1. The molecule has 2 N–H and O–H groups in total. The Morgan fingerprint density at radius 3 is 2.71 bits per heavy atom. The van der Waals surface area contributed by atoms with Crippen LogP contribution in [0.15, 0.2) is 0 Å². The molecule has 0 spiro atoms. The number of rotatable bonds is 1. The Bertz CT molecular complexity index is 294. The second kappa shape index (κ2) is 5.12. The van der Waals surface area contributed by atoms with Crippen molar-refractivity contribution in [3.8, 4) is 0 Å². The highest BCUT2D eigenvalue weighted by Gasteiger charge is 2.44. The van der Waals surface area contributed by atoms with Crippen molar-refractivity contribution in [2.45, 2.75) is 37.8 Å². The molecule has 3 rings (SSSR count). The van der Waals surface area contributed by atoms with Crippen LogP contribution in [-0.4, -0.2) is 42.6 Å². The maximum Gasteiger partial charge on any atom is 0.251 e. The Labute approximate surface area is 108 Å². The molecule has 3 fully saturated rings. The van der Waals surface area contributed by atoms with Crippen molar-refractivity contribution in [2.75, 3.05) is 19.7 Å². The van der Waals surface area contributed by atoms with Crippen molar-refractivity contribution in [3.63, 3.8) is 0 Å². The fraction of sp³-hybridized carbons (Fsp3) is 0.917. The van der Waals surface area contributed by atoms with Crippen LogP contribution in [0.3, 0.4) is 0 Å². The molecule has 0 aromatic rings. The third-order valence-corrected chi connectivity index (χ3v) is 4.43. The summed E-state index contributed by atoms with van der Waals surface area (Å²) < 4.78 is 5.45. The molecule has 0 bridgehead atoms. The Balaban J connectivity index is 0.00000108. The summed E-state index contributed by atoms with van der Waals surface area (Å²) in [4.78, 5) is 14.1. The van der Waals surface area contributed by atoms with Crippen molar-refractivity contribution in [2.24, 2.45) is 17.6 Å². The minimum atomic E-state index is -0.157. The standard InChI is InChI=1S/C12H20N2O2.ClH/c13-10-4-3-8-6-14(7-9(8)10)12(15)11-2-1-5-16-11;/h8-11H,1-7,13H2;1H/t8?,9?,10?,11-;/m1./s1. The number of amides is 1. The van der Waals surface area contributed by atoms with Gasteiger partial charge in [-0.25, -0.2) is 0 Å². The van der Waals surface area contributed by atoms with Crippen LogP contribution in [0.4, 0.5) is 0 Å². The molecule has 2 heterocycles. The predicted molar refractivity (Wildman–Crippen MR) is 67.0 cm³/mol. The van der Waals surface area contributed by atoms with E-state index in [9.17, 15) is 4.79 Å². The van der Waals surface area contributed by atoms with E-state index in [4.69, 9.17) is 10.5 Å². The van der Waals surface area contributed by atoms with E-state index < -0.39 is 0 Å². The number of fused-ring (bicyclic) bond motifs is 1. The van der Waals surface area contributed by atoms with Gasteiger partial charge in [-0.1, -0.05) is 0 Å². The minimum absolute atomic E-state index is 0. The third-order valence-electron chi connectivity index (χ3n) is 4.43. The molecule has 17 heavy (non-hydrogen) atoms. The van der Waals surface area contributed by atoms with Gasteiger partial charge in [-0.3, -0.25) is 4.79 Å². The number of ether oxygens (including phenoxy) is 1. The van der Waals surface area contributed by atoms with Crippen LogP contribution >= 0.6 is 12.4 Å². The zero-order chi connectivity index (χ0) is 11.1. The van der Waals surface area contributed by atoms with Crippen molar-refractivity contribution in [3.05, 3.63) is 0 Å². The minimum Gasteiger partial charge on any atom is -0.368 e. The van der Waals surface area contributed by atoms with Gasteiger partial charge in [0, 0.05) is 25.7 Å². The first-order valence-corrected chi connectivity index (χ1v) is 6.41. The molecular formula is C12H21ClN2O2. The number of nitrogens with two attached hydrogens (primary N) is 1. The van der Waals surface area contributed by atoms with Gasteiger partial charge in [-0.2, -0.15) is 0 Å². The van der Waals surface area contributed by atoms with E-state index in [0.29, 0.717) is 17.9 Å². The number of halogens is 1. The summed E-state index contributed by atoms with van der Waals surface area (Å²) in [6.45, 7) is 2.53. The van der Waals surface area contributed by atoms with E-state index in [-0.39, 0.29) is 24.4 Å². The molecule has 98 valence electrons. The molecule has 0 aromatic carbocycles. The molecule has 2 saturated heterocycles. The summed E-state index contributed by atoms with van der Waals surface area (Å²) in [5.41, 5.74) is 6.07. The van der Waals surface area contributed by atoms with Gasteiger partial charge in [-0.15, -0.1) is 12.4 Å². The molecule has 0 aromatic heterocycles. The summed E-state index contributed by atoms with van der Waals surface area (Å²) in [5, 5.41) is 0. The lowest BCUT2D eigenvalue weighted by Crippen LogP contribution is -2.39.